The standard InChI is InChI=1S/C27H18Br2N2O6/c28-16-7-8-19-21(14-16)30-26-15(6-11-24(34)37-31-22(32)9-10-23(31)33)12-17(29)13-20(26)25(19)27(35)36-18-4-2-1-3-5-18/h1-5,7-8,12-14H,6,9-11H2. The van der Waals surface area contributed by atoms with Gasteiger partial charge in [-0.05, 0) is 48.4 Å². The first-order valence-corrected chi connectivity index (χ1v) is 12.9. The van der Waals surface area contributed by atoms with E-state index >= 15 is 0 Å². The summed E-state index contributed by atoms with van der Waals surface area (Å²) in [6, 6.07) is 17.8. The number of carbonyl (C=O) groups excluding carboxylic acids is 4. The lowest BCUT2D eigenvalue weighted by atomic mass is 9.98. The molecule has 1 aliphatic rings. The van der Waals surface area contributed by atoms with Crippen LogP contribution in [0.5, 0.6) is 5.75 Å². The van der Waals surface area contributed by atoms with Crippen LogP contribution in [0.2, 0.25) is 0 Å². The SMILES string of the molecule is O=C(CCc1cc(Br)cc2c(C(=O)Oc3ccccc3)c3ccc(Br)cc3nc12)ON1C(=O)CCC1=O. The van der Waals surface area contributed by atoms with E-state index in [4.69, 9.17) is 14.6 Å². The fourth-order valence-electron chi connectivity index (χ4n) is 4.15. The zero-order valence-corrected chi connectivity index (χ0v) is 22.4. The highest BCUT2D eigenvalue weighted by atomic mass is 79.9. The van der Waals surface area contributed by atoms with E-state index < -0.39 is 23.8 Å². The number of amides is 2. The first kappa shape index (κ1) is 25.0. The van der Waals surface area contributed by atoms with Gasteiger partial charge >= 0.3 is 11.9 Å². The normalized spacial score (nSPS) is 13.4. The van der Waals surface area contributed by atoms with E-state index in [-0.39, 0.29) is 25.7 Å². The predicted molar refractivity (Wildman–Crippen MR) is 142 cm³/mol. The average molecular weight is 626 g/mol. The van der Waals surface area contributed by atoms with Gasteiger partial charge in [-0.3, -0.25) is 9.59 Å². The number of para-hydroxylation sites is 1. The van der Waals surface area contributed by atoms with Gasteiger partial charge < -0.3 is 9.57 Å². The largest absolute Gasteiger partial charge is 0.423 e. The number of hydrogen-bond acceptors (Lipinski definition) is 7. The van der Waals surface area contributed by atoms with Crippen molar-refractivity contribution < 1.29 is 28.8 Å². The van der Waals surface area contributed by atoms with Crippen LogP contribution in [0.3, 0.4) is 0 Å². The molecule has 186 valence electrons. The second kappa shape index (κ2) is 10.4. The number of esters is 1. The molecule has 0 aliphatic carbocycles. The lowest BCUT2D eigenvalue weighted by Gasteiger charge is -2.15. The lowest BCUT2D eigenvalue weighted by molar-refractivity contribution is -0.197. The molecule has 0 atom stereocenters. The Bertz CT molecular complexity index is 1570. The van der Waals surface area contributed by atoms with Gasteiger partial charge in [0.15, 0.2) is 0 Å². The summed E-state index contributed by atoms with van der Waals surface area (Å²) in [5.74, 6) is -1.92. The Balaban J connectivity index is 1.54. The number of imide groups is 1. The highest BCUT2D eigenvalue weighted by Crippen LogP contribution is 2.33. The molecular formula is C27H18Br2N2O6. The lowest BCUT2D eigenvalue weighted by Crippen LogP contribution is -2.32. The van der Waals surface area contributed by atoms with Gasteiger partial charge in [0.25, 0.3) is 11.8 Å². The van der Waals surface area contributed by atoms with Gasteiger partial charge in [0, 0.05) is 32.6 Å². The van der Waals surface area contributed by atoms with Gasteiger partial charge in [-0.2, -0.15) is 0 Å². The smallest absolute Gasteiger partial charge is 0.344 e. The number of benzene rings is 3. The Hall–Kier alpha value is -3.63. The van der Waals surface area contributed by atoms with Gasteiger partial charge in [-0.1, -0.05) is 56.1 Å². The van der Waals surface area contributed by atoms with Crippen LogP contribution in [0.4, 0.5) is 0 Å². The maximum atomic E-state index is 13.5. The number of hydrogen-bond donors (Lipinski definition) is 0. The molecule has 0 radical (unpaired) electrons. The van der Waals surface area contributed by atoms with Crippen LogP contribution in [0, 0.1) is 0 Å². The summed E-state index contributed by atoms with van der Waals surface area (Å²) in [6.45, 7) is 0. The predicted octanol–water partition coefficient (Wildman–Crippen LogP) is 5.67. The summed E-state index contributed by atoms with van der Waals surface area (Å²) in [5, 5.41) is 1.70. The Labute approximate surface area is 227 Å². The van der Waals surface area contributed by atoms with Crippen molar-refractivity contribution in [3.8, 4) is 5.75 Å². The molecule has 8 nitrogen and oxygen atoms in total. The third kappa shape index (κ3) is 5.26. The summed E-state index contributed by atoms with van der Waals surface area (Å²) in [6.07, 6.45) is 0.142. The van der Waals surface area contributed by atoms with E-state index in [1.165, 1.54) is 0 Å². The average Bonchev–Trinajstić information content (AvgIpc) is 3.18. The third-order valence-electron chi connectivity index (χ3n) is 5.84. The molecule has 0 spiro atoms. The number of hydroxylamine groups is 2. The number of fused-ring (bicyclic) bond motifs is 2. The minimum Gasteiger partial charge on any atom is -0.423 e. The van der Waals surface area contributed by atoms with Crippen molar-refractivity contribution in [3.05, 3.63) is 80.7 Å². The van der Waals surface area contributed by atoms with Gasteiger partial charge in [0.05, 0.1) is 23.0 Å². The molecule has 0 bridgehead atoms. The minimum atomic E-state index is -0.719. The molecule has 4 aromatic rings. The van der Waals surface area contributed by atoms with Crippen LogP contribution in [0.15, 0.2) is 69.6 Å². The maximum Gasteiger partial charge on any atom is 0.344 e. The molecule has 5 rings (SSSR count). The summed E-state index contributed by atoms with van der Waals surface area (Å²) < 4.78 is 7.15. The summed E-state index contributed by atoms with van der Waals surface area (Å²) >= 11 is 6.96. The molecule has 37 heavy (non-hydrogen) atoms. The molecule has 1 saturated heterocycles. The molecule has 1 aliphatic heterocycles. The molecule has 1 aromatic heterocycles. The van der Waals surface area contributed by atoms with Crippen LogP contribution in [-0.4, -0.2) is 33.8 Å². The number of ether oxygens (including phenoxy) is 1. The molecule has 10 heteroatoms. The van der Waals surface area contributed by atoms with E-state index in [9.17, 15) is 19.2 Å². The second-order valence-electron chi connectivity index (χ2n) is 8.36. The van der Waals surface area contributed by atoms with Crippen molar-refractivity contribution in [1.29, 1.82) is 0 Å². The van der Waals surface area contributed by atoms with Crippen LogP contribution in [0.25, 0.3) is 21.8 Å². The van der Waals surface area contributed by atoms with Gasteiger partial charge in [0.2, 0.25) is 0 Å². The van der Waals surface area contributed by atoms with Crippen molar-refractivity contribution in [2.75, 3.05) is 0 Å². The monoisotopic (exact) mass is 624 g/mol. The Morgan fingerprint density at radius 2 is 1.62 bits per heavy atom. The molecule has 2 amide bonds. The summed E-state index contributed by atoms with van der Waals surface area (Å²) in [4.78, 5) is 59.2. The number of aryl methyl sites for hydroxylation is 1. The van der Waals surface area contributed by atoms with Crippen LogP contribution < -0.4 is 4.74 Å². The van der Waals surface area contributed by atoms with Crippen molar-refractivity contribution in [2.24, 2.45) is 0 Å². The van der Waals surface area contributed by atoms with Crippen molar-refractivity contribution in [3.63, 3.8) is 0 Å². The Morgan fingerprint density at radius 3 is 2.35 bits per heavy atom. The van der Waals surface area contributed by atoms with E-state index in [1.807, 2.05) is 18.2 Å². The van der Waals surface area contributed by atoms with Crippen molar-refractivity contribution in [2.45, 2.75) is 25.7 Å². The van der Waals surface area contributed by atoms with Crippen LogP contribution in [-0.2, 0) is 25.6 Å². The molecule has 0 unspecified atom stereocenters. The van der Waals surface area contributed by atoms with Gasteiger partial charge in [-0.25, -0.2) is 14.6 Å². The molecule has 0 saturated carbocycles. The summed E-state index contributed by atoms with van der Waals surface area (Å²) in [7, 11) is 0. The van der Waals surface area contributed by atoms with Crippen LogP contribution >= 0.6 is 31.9 Å². The van der Waals surface area contributed by atoms with Gasteiger partial charge in [0.1, 0.15) is 5.75 Å². The Kier molecular flexibility index (Phi) is 7.03. The zero-order chi connectivity index (χ0) is 26.1. The quantitative estimate of drug-likeness (QED) is 0.118. The third-order valence-corrected chi connectivity index (χ3v) is 6.79. The number of nitrogens with zero attached hydrogens (tertiary/aromatic N) is 2. The fourth-order valence-corrected chi connectivity index (χ4v) is 5.01. The highest BCUT2D eigenvalue weighted by molar-refractivity contribution is 9.10. The number of aromatic nitrogens is 1. The summed E-state index contributed by atoms with van der Waals surface area (Å²) in [5.41, 5.74) is 2.11. The Morgan fingerprint density at radius 1 is 0.892 bits per heavy atom. The van der Waals surface area contributed by atoms with Crippen molar-refractivity contribution >= 4 is 77.4 Å². The minimum absolute atomic E-state index is 0.0246. The first-order chi connectivity index (χ1) is 17.8. The van der Waals surface area contributed by atoms with Crippen molar-refractivity contribution in [1.82, 2.24) is 10.0 Å². The molecular weight excluding hydrogens is 608 g/mol. The molecule has 0 N–H and O–H groups in total. The number of carbonyl (C=O) groups is 4. The number of pyridine rings is 1. The van der Waals surface area contributed by atoms with Crippen LogP contribution in [0.1, 0.15) is 35.2 Å². The van der Waals surface area contributed by atoms with E-state index in [0.717, 1.165) is 4.47 Å². The second-order valence-corrected chi connectivity index (χ2v) is 10.2. The maximum absolute atomic E-state index is 13.5. The highest BCUT2D eigenvalue weighted by Gasteiger charge is 2.32. The molecule has 1 fully saturated rings. The number of halogens is 2. The van der Waals surface area contributed by atoms with E-state index in [1.54, 1.807) is 42.5 Å². The topological polar surface area (TPSA) is 103 Å². The number of rotatable bonds is 6. The molecule has 3 aromatic carbocycles. The zero-order valence-electron chi connectivity index (χ0n) is 19.2. The van der Waals surface area contributed by atoms with E-state index in [0.29, 0.717) is 48.2 Å². The first-order valence-electron chi connectivity index (χ1n) is 11.4. The van der Waals surface area contributed by atoms with Gasteiger partial charge in [-0.15, -0.1) is 5.06 Å². The van der Waals surface area contributed by atoms with E-state index in [2.05, 4.69) is 31.9 Å². The molecule has 2 heterocycles. The fraction of sp³-hybridized carbons (Fsp3) is 0.148.